The first-order chi connectivity index (χ1) is 9.67. The van der Waals surface area contributed by atoms with Gasteiger partial charge in [-0.3, -0.25) is 4.79 Å². The zero-order chi connectivity index (χ0) is 16.0. The van der Waals surface area contributed by atoms with Gasteiger partial charge in [-0.15, -0.1) is 0 Å². The molecule has 0 saturated heterocycles. The molecule has 0 unspecified atom stereocenters. The number of carbonyl (C=O) groups is 2. The number of rotatable bonds is 5. The summed E-state index contributed by atoms with van der Waals surface area (Å²) in [6, 6.07) is 6.70. The van der Waals surface area contributed by atoms with Crippen molar-refractivity contribution in [2.45, 2.75) is 46.3 Å². The van der Waals surface area contributed by atoms with Crippen LogP contribution in [0.4, 0.5) is 0 Å². The highest BCUT2D eigenvalue weighted by Crippen LogP contribution is 2.12. The lowest BCUT2D eigenvalue weighted by molar-refractivity contribution is -0.158. The fourth-order valence-electron chi connectivity index (χ4n) is 1.59. The van der Waals surface area contributed by atoms with Gasteiger partial charge in [-0.1, -0.05) is 12.1 Å². The summed E-state index contributed by atoms with van der Waals surface area (Å²) in [6.45, 7) is 8.72. The van der Waals surface area contributed by atoms with Crippen LogP contribution in [-0.4, -0.2) is 30.1 Å². The van der Waals surface area contributed by atoms with Gasteiger partial charge in [0.15, 0.2) is 6.61 Å². The number of hydrogen-bond donors (Lipinski definition) is 1. The fourth-order valence-corrected chi connectivity index (χ4v) is 1.59. The van der Waals surface area contributed by atoms with E-state index in [0.717, 1.165) is 5.56 Å². The molecule has 0 bridgehead atoms. The molecule has 116 valence electrons. The lowest BCUT2D eigenvalue weighted by atomic mass is 10.2. The van der Waals surface area contributed by atoms with Crippen LogP contribution >= 0.6 is 0 Å². The van der Waals surface area contributed by atoms with E-state index in [0.29, 0.717) is 5.75 Å². The molecule has 0 saturated carbocycles. The normalized spacial score (nSPS) is 12.4. The zero-order valence-electron chi connectivity index (χ0n) is 13.2. The number of esters is 1. The molecular formula is C16H23NO4. The summed E-state index contributed by atoms with van der Waals surface area (Å²) in [7, 11) is 0. The molecule has 1 atom stereocenters. The van der Waals surface area contributed by atoms with Crippen LogP contribution in [0, 0.1) is 6.92 Å². The van der Waals surface area contributed by atoms with Crippen molar-refractivity contribution >= 4 is 11.9 Å². The van der Waals surface area contributed by atoms with Crippen LogP contribution in [0.15, 0.2) is 24.3 Å². The molecule has 1 aromatic carbocycles. The Morgan fingerprint density at radius 1 is 1.29 bits per heavy atom. The first-order valence-electron chi connectivity index (χ1n) is 6.89. The molecular weight excluding hydrogens is 270 g/mol. The van der Waals surface area contributed by atoms with Gasteiger partial charge in [-0.25, -0.2) is 4.79 Å². The van der Waals surface area contributed by atoms with Gasteiger partial charge in [-0.2, -0.15) is 0 Å². The topological polar surface area (TPSA) is 64.6 Å². The summed E-state index contributed by atoms with van der Waals surface area (Å²) in [5.74, 6) is -0.212. The number of carbonyl (C=O) groups excluding carboxylic acids is 2. The predicted octanol–water partition coefficient (Wildman–Crippen LogP) is 2.22. The molecule has 5 nitrogen and oxygen atoms in total. The highest BCUT2D eigenvalue weighted by atomic mass is 16.6. The van der Waals surface area contributed by atoms with Crippen molar-refractivity contribution in [3.8, 4) is 5.75 Å². The summed E-state index contributed by atoms with van der Waals surface area (Å²) >= 11 is 0. The van der Waals surface area contributed by atoms with Crippen molar-refractivity contribution in [3.63, 3.8) is 0 Å². The van der Waals surface area contributed by atoms with Crippen molar-refractivity contribution in [1.82, 2.24) is 5.32 Å². The largest absolute Gasteiger partial charge is 0.484 e. The monoisotopic (exact) mass is 293 g/mol. The number of ether oxygens (including phenoxy) is 2. The molecule has 1 aromatic rings. The maximum absolute atomic E-state index is 11.7. The van der Waals surface area contributed by atoms with E-state index in [4.69, 9.17) is 9.47 Å². The van der Waals surface area contributed by atoms with Crippen LogP contribution in [0.1, 0.15) is 33.3 Å². The number of hydrogen-bond acceptors (Lipinski definition) is 4. The van der Waals surface area contributed by atoms with E-state index < -0.39 is 17.6 Å². The van der Waals surface area contributed by atoms with Crippen molar-refractivity contribution in [2.24, 2.45) is 0 Å². The molecule has 0 spiro atoms. The Hall–Kier alpha value is -2.04. The fraction of sp³-hybridized carbons (Fsp3) is 0.500. The summed E-state index contributed by atoms with van der Waals surface area (Å²) < 4.78 is 10.6. The highest BCUT2D eigenvalue weighted by molar-refractivity contribution is 5.85. The second kappa shape index (κ2) is 7.11. The first kappa shape index (κ1) is 17.0. The van der Waals surface area contributed by atoms with E-state index in [2.05, 4.69) is 5.32 Å². The van der Waals surface area contributed by atoms with Gasteiger partial charge >= 0.3 is 5.97 Å². The Labute approximate surface area is 125 Å². The minimum atomic E-state index is -0.710. The Kier molecular flexibility index (Phi) is 5.76. The first-order valence-corrected chi connectivity index (χ1v) is 6.89. The van der Waals surface area contributed by atoms with Gasteiger partial charge in [0.2, 0.25) is 0 Å². The van der Waals surface area contributed by atoms with E-state index in [1.54, 1.807) is 33.8 Å². The summed E-state index contributed by atoms with van der Waals surface area (Å²) in [6.07, 6.45) is 0. The Bertz CT molecular complexity index is 505. The Morgan fingerprint density at radius 2 is 1.95 bits per heavy atom. The van der Waals surface area contributed by atoms with Crippen molar-refractivity contribution in [3.05, 3.63) is 29.8 Å². The molecule has 21 heavy (non-hydrogen) atoms. The van der Waals surface area contributed by atoms with Gasteiger partial charge in [0.25, 0.3) is 5.91 Å². The van der Waals surface area contributed by atoms with E-state index in [9.17, 15) is 9.59 Å². The van der Waals surface area contributed by atoms with Crippen molar-refractivity contribution in [1.29, 1.82) is 0 Å². The number of benzene rings is 1. The smallest absolute Gasteiger partial charge is 0.328 e. The average molecular weight is 293 g/mol. The van der Waals surface area contributed by atoms with E-state index in [-0.39, 0.29) is 12.5 Å². The number of aryl methyl sites for hydroxylation is 1. The van der Waals surface area contributed by atoms with Crippen LogP contribution in [0.5, 0.6) is 5.75 Å². The van der Waals surface area contributed by atoms with Crippen LogP contribution in [-0.2, 0) is 14.3 Å². The lowest BCUT2D eigenvalue weighted by Crippen LogP contribution is -2.43. The van der Waals surface area contributed by atoms with Gasteiger partial charge < -0.3 is 14.8 Å². The molecule has 0 fully saturated rings. The average Bonchev–Trinajstić information content (AvgIpc) is 2.34. The molecule has 0 aromatic heterocycles. The van der Waals surface area contributed by atoms with Gasteiger partial charge in [0, 0.05) is 0 Å². The molecule has 0 aliphatic rings. The molecule has 1 N–H and O–H groups in total. The van der Waals surface area contributed by atoms with Crippen molar-refractivity contribution in [2.75, 3.05) is 6.61 Å². The van der Waals surface area contributed by atoms with Crippen LogP contribution in [0.2, 0.25) is 0 Å². The molecule has 1 rings (SSSR count). The molecule has 5 heteroatoms. The number of amides is 1. The SMILES string of the molecule is Cc1cccc(OCC(=O)N[C@@H](C)C(=O)OC(C)(C)C)c1. The molecule has 0 aliphatic carbocycles. The van der Waals surface area contributed by atoms with Gasteiger partial charge in [0.05, 0.1) is 0 Å². The van der Waals surface area contributed by atoms with Gasteiger partial charge in [-0.05, 0) is 52.3 Å². The quantitative estimate of drug-likeness (QED) is 0.845. The van der Waals surface area contributed by atoms with Crippen LogP contribution in [0.3, 0.4) is 0 Å². The second-order valence-electron chi connectivity index (χ2n) is 5.93. The highest BCUT2D eigenvalue weighted by Gasteiger charge is 2.22. The maximum Gasteiger partial charge on any atom is 0.328 e. The third-order valence-corrected chi connectivity index (χ3v) is 2.50. The molecule has 0 heterocycles. The van der Waals surface area contributed by atoms with E-state index in [1.165, 1.54) is 0 Å². The zero-order valence-corrected chi connectivity index (χ0v) is 13.2. The van der Waals surface area contributed by atoms with E-state index >= 15 is 0 Å². The van der Waals surface area contributed by atoms with Crippen LogP contribution in [0.25, 0.3) is 0 Å². The third kappa shape index (κ3) is 6.79. The standard InChI is InChI=1S/C16H23NO4/c1-11-7-6-8-13(9-11)20-10-14(18)17-12(2)15(19)21-16(3,4)5/h6-9,12H,10H2,1-5H3,(H,17,18)/t12-/m0/s1. The predicted molar refractivity (Wildman–Crippen MR) is 80.1 cm³/mol. The van der Waals surface area contributed by atoms with Gasteiger partial charge in [0.1, 0.15) is 17.4 Å². The second-order valence-corrected chi connectivity index (χ2v) is 5.93. The minimum absolute atomic E-state index is 0.142. The number of nitrogens with one attached hydrogen (secondary N) is 1. The summed E-state index contributed by atoms with van der Waals surface area (Å²) in [4.78, 5) is 23.5. The van der Waals surface area contributed by atoms with Crippen molar-refractivity contribution < 1.29 is 19.1 Å². The van der Waals surface area contributed by atoms with E-state index in [1.807, 2.05) is 25.1 Å². The molecule has 1 amide bonds. The minimum Gasteiger partial charge on any atom is -0.484 e. The Morgan fingerprint density at radius 3 is 2.52 bits per heavy atom. The Balaban J connectivity index is 2.41. The molecule has 0 radical (unpaired) electrons. The summed E-state index contributed by atoms with van der Waals surface area (Å²) in [5, 5.41) is 2.55. The lowest BCUT2D eigenvalue weighted by Gasteiger charge is -2.22. The third-order valence-electron chi connectivity index (χ3n) is 2.50. The molecule has 0 aliphatic heterocycles. The maximum atomic E-state index is 11.7. The summed E-state index contributed by atoms with van der Waals surface area (Å²) in [5.41, 5.74) is 0.476. The van der Waals surface area contributed by atoms with Crippen LogP contribution < -0.4 is 10.1 Å².